The molecule has 7 heteroatoms. The van der Waals surface area contributed by atoms with E-state index in [1.165, 1.54) is 11.3 Å². The van der Waals surface area contributed by atoms with Gasteiger partial charge in [-0.15, -0.1) is 0 Å². The molecule has 29 heavy (non-hydrogen) atoms. The molecule has 1 aromatic heterocycles. The number of piperazine rings is 2. The second kappa shape index (κ2) is 8.37. The molecule has 154 valence electrons. The molecular weight excluding hydrogens is 364 g/mol. The van der Waals surface area contributed by atoms with Crippen LogP contribution in [0.2, 0.25) is 0 Å². The Kier molecular flexibility index (Phi) is 5.67. The van der Waals surface area contributed by atoms with Crippen molar-refractivity contribution in [1.82, 2.24) is 19.8 Å². The number of amides is 1. The maximum atomic E-state index is 13.0. The fraction of sp³-hybridized carbons (Fsp3) is 0.500. The van der Waals surface area contributed by atoms with Crippen LogP contribution in [0.1, 0.15) is 21.9 Å². The van der Waals surface area contributed by atoms with Gasteiger partial charge in [-0.1, -0.05) is 12.1 Å². The predicted octanol–water partition coefficient (Wildman–Crippen LogP) is 1.81. The molecule has 0 saturated carbocycles. The van der Waals surface area contributed by atoms with E-state index in [4.69, 9.17) is 0 Å². The van der Waals surface area contributed by atoms with E-state index < -0.39 is 0 Å². The van der Waals surface area contributed by atoms with Gasteiger partial charge in [-0.2, -0.15) is 0 Å². The average molecular weight is 395 g/mol. The molecule has 0 atom stereocenters. The van der Waals surface area contributed by atoms with Crippen LogP contribution in [0.3, 0.4) is 0 Å². The first-order valence-electron chi connectivity index (χ1n) is 10.4. The molecule has 2 aliphatic rings. The minimum absolute atomic E-state index is 0.0169. The Morgan fingerprint density at radius 3 is 2.24 bits per heavy atom. The lowest BCUT2D eigenvalue weighted by molar-refractivity contribution is 0.0658. The molecule has 2 aliphatic heterocycles. The zero-order valence-corrected chi connectivity index (χ0v) is 17.6. The summed E-state index contributed by atoms with van der Waals surface area (Å²) in [4.78, 5) is 30.8. The van der Waals surface area contributed by atoms with Crippen LogP contribution >= 0.6 is 0 Å². The number of aromatic nitrogens is 2. The monoisotopic (exact) mass is 394 g/mol. The number of likely N-dealkylation sites (N-methyl/N-ethyl adjacent to an activating group) is 1. The largest absolute Gasteiger partial charge is 0.368 e. The molecule has 0 N–H and O–H groups in total. The number of hydrogen-bond donors (Lipinski definition) is 0. The number of carbonyl (C=O) groups excluding carboxylic acids is 1. The summed E-state index contributed by atoms with van der Waals surface area (Å²) in [6, 6.07) is 10.5. The van der Waals surface area contributed by atoms with E-state index in [-0.39, 0.29) is 5.91 Å². The third kappa shape index (κ3) is 4.50. The normalized spacial score (nSPS) is 18.2. The standard InChI is InChI=1S/C22H30N6O/c1-17-5-4-6-19(15-17)26-11-13-27(14-12-26)21-16-20(23-18(2)24-21)22(29)28-9-7-25(3)8-10-28/h4-6,15-16H,7-14H2,1-3H3. The molecule has 1 amide bonds. The fourth-order valence-corrected chi connectivity index (χ4v) is 4.01. The number of nitrogens with zero attached hydrogens (tertiary/aromatic N) is 6. The minimum atomic E-state index is 0.0169. The summed E-state index contributed by atoms with van der Waals surface area (Å²) in [5, 5.41) is 0. The maximum Gasteiger partial charge on any atom is 0.272 e. The SMILES string of the molecule is Cc1cccc(N2CCN(c3cc(C(=O)N4CCN(C)CC4)nc(C)n3)CC2)c1. The fourth-order valence-electron chi connectivity index (χ4n) is 4.01. The van der Waals surface area contributed by atoms with Crippen LogP contribution in [0.5, 0.6) is 0 Å². The summed E-state index contributed by atoms with van der Waals surface area (Å²) in [5.41, 5.74) is 3.07. The number of benzene rings is 1. The lowest BCUT2D eigenvalue weighted by Crippen LogP contribution is -2.48. The van der Waals surface area contributed by atoms with Crippen LogP contribution in [-0.2, 0) is 0 Å². The van der Waals surface area contributed by atoms with Crippen LogP contribution in [0, 0.1) is 13.8 Å². The van der Waals surface area contributed by atoms with Crippen LogP contribution in [0.4, 0.5) is 11.5 Å². The van der Waals surface area contributed by atoms with E-state index in [0.717, 1.165) is 58.2 Å². The molecule has 0 spiro atoms. The van der Waals surface area contributed by atoms with E-state index in [0.29, 0.717) is 11.5 Å². The molecule has 0 radical (unpaired) electrons. The Balaban J connectivity index is 1.45. The molecule has 3 heterocycles. The third-order valence-corrected chi connectivity index (χ3v) is 5.80. The van der Waals surface area contributed by atoms with Crippen molar-refractivity contribution in [1.29, 1.82) is 0 Å². The highest BCUT2D eigenvalue weighted by molar-refractivity contribution is 5.93. The Bertz CT molecular complexity index is 869. The van der Waals surface area contributed by atoms with Gasteiger partial charge in [0.1, 0.15) is 17.3 Å². The molecule has 4 rings (SSSR count). The van der Waals surface area contributed by atoms with E-state index in [1.807, 2.05) is 17.9 Å². The summed E-state index contributed by atoms with van der Waals surface area (Å²) in [6.07, 6.45) is 0. The van der Waals surface area contributed by atoms with Crippen LogP contribution in [0.25, 0.3) is 0 Å². The first-order chi connectivity index (χ1) is 14.0. The topological polar surface area (TPSA) is 55.8 Å². The van der Waals surface area contributed by atoms with Crippen molar-refractivity contribution in [3.05, 3.63) is 47.4 Å². The first-order valence-corrected chi connectivity index (χ1v) is 10.4. The maximum absolute atomic E-state index is 13.0. The number of anilines is 2. The number of carbonyl (C=O) groups is 1. The Morgan fingerprint density at radius 2 is 1.55 bits per heavy atom. The van der Waals surface area contributed by atoms with Gasteiger partial charge < -0.3 is 19.6 Å². The van der Waals surface area contributed by atoms with Gasteiger partial charge in [-0.3, -0.25) is 4.79 Å². The van der Waals surface area contributed by atoms with Crippen LogP contribution < -0.4 is 9.80 Å². The highest BCUT2D eigenvalue weighted by Gasteiger charge is 2.24. The molecule has 2 fully saturated rings. The van der Waals surface area contributed by atoms with Crippen molar-refractivity contribution >= 4 is 17.4 Å². The minimum Gasteiger partial charge on any atom is -0.368 e. The number of rotatable bonds is 3. The average Bonchev–Trinajstić information content (AvgIpc) is 2.73. The quantitative estimate of drug-likeness (QED) is 0.791. The Morgan fingerprint density at radius 1 is 0.862 bits per heavy atom. The molecule has 2 aromatic rings. The second-order valence-corrected chi connectivity index (χ2v) is 8.07. The van der Waals surface area contributed by atoms with Gasteiger partial charge in [0.25, 0.3) is 5.91 Å². The van der Waals surface area contributed by atoms with Crippen molar-refractivity contribution < 1.29 is 4.79 Å². The van der Waals surface area contributed by atoms with Crippen LogP contribution in [0.15, 0.2) is 30.3 Å². The summed E-state index contributed by atoms with van der Waals surface area (Å²) in [6.45, 7) is 11.0. The van der Waals surface area contributed by atoms with E-state index in [2.05, 4.69) is 62.9 Å². The molecule has 1 aromatic carbocycles. The molecular formula is C22H30N6O. The number of hydrogen-bond acceptors (Lipinski definition) is 6. The molecule has 7 nitrogen and oxygen atoms in total. The van der Waals surface area contributed by atoms with Gasteiger partial charge >= 0.3 is 0 Å². The van der Waals surface area contributed by atoms with Gasteiger partial charge in [0, 0.05) is 64.1 Å². The first kappa shape index (κ1) is 19.6. The van der Waals surface area contributed by atoms with Crippen molar-refractivity contribution in [3.63, 3.8) is 0 Å². The zero-order chi connectivity index (χ0) is 20.4. The smallest absolute Gasteiger partial charge is 0.272 e. The number of aryl methyl sites for hydroxylation is 2. The van der Waals surface area contributed by atoms with Gasteiger partial charge in [0.2, 0.25) is 0 Å². The molecule has 0 unspecified atom stereocenters. The van der Waals surface area contributed by atoms with Crippen molar-refractivity contribution in [2.45, 2.75) is 13.8 Å². The molecule has 0 bridgehead atoms. The Labute approximate surface area is 172 Å². The van der Waals surface area contributed by atoms with Crippen LogP contribution in [-0.4, -0.2) is 85.1 Å². The molecule has 2 saturated heterocycles. The van der Waals surface area contributed by atoms with Crippen molar-refractivity contribution in [3.8, 4) is 0 Å². The van der Waals surface area contributed by atoms with E-state index in [9.17, 15) is 4.79 Å². The highest BCUT2D eigenvalue weighted by Crippen LogP contribution is 2.21. The zero-order valence-electron chi connectivity index (χ0n) is 17.6. The van der Waals surface area contributed by atoms with Crippen molar-refractivity contribution in [2.75, 3.05) is 69.2 Å². The molecule has 0 aliphatic carbocycles. The lowest BCUT2D eigenvalue weighted by atomic mass is 10.2. The van der Waals surface area contributed by atoms with Gasteiger partial charge in [0.15, 0.2) is 0 Å². The summed E-state index contributed by atoms with van der Waals surface area (Å²) >= 11 is 0. The van der Waals surface area contributed by atoms with Crippen molar-refractivity contribution in [2.24, 2.45) is 0 Å². The second-order valence-electron chi connectivity index (χ2n) is 8.07. The third-order valence-electron chi connectivity index (χ3n) is 5.80. The summed E-state index contributed by atoms with van der Waals surface area (Å²) < 4.78 is 0. The summed E-state index contributed by atoms with van der Waals surface area (Å²) in [7, 11) is 2.09. The highest BCUT2D eigenvalue weighted by atomic mass is 16.2. The van der Waals surface area contributed by atoms with E-state index in [1.54, 1.807) is 0 Å². The lowest BCUT2D eigenvalue weighted by Gasteiger charge is -2.37. The van der Waals surface area contributed by atoms with Gasteiger partial charge in [-0.25, -0.2) is 9.97 Å². The van der Waals surface area contributed by atoms with Gasteiger partial charge in [-0.05, 0) is 38.6 Å². The van der Waals surface area contributed by atoms with E-state index >= 15 is 0 Å². The van der Waals surface area contributed by atoms with Gasteiger partial charge in [0.05, 0.1) is 0 Å². The summed E-state index contributed by atoms with van der Waals surface area (Å²) in [5.74, 6) is 1.53. The Hall–Kier alpha value is -2.67. The predicted molar refractivity (Wildman–Crippen MR) is 116 cm³/mol.